The smallest absolute Gasteiger partial charge is 0.249 e. The van der Waals surface area contributed by atoms with Crippen molar-refractivity contribution in [3.8, 4) is 0 Å². The van der Waals surface area contributed by atoms with Gasteiger partial charge in [-0.15, -0.1) is 0 Å². The molecule has 1 aromatic rings. The van der Waals surface area contributed by atoms with Crippen molar-refractivity contribution < 1.29 is 14.3 Å². The molecule has 2 amide bonds. The number of aryl methyl sites for hydroxylation is 1. The van der Waals surface area contributed by atoms with Gasteiger partial charge >= 0.3 is 0 Å². The Morgan fingerprint density at radius 3 is 2.91 bits per heavy atom. The maximum absolute atomic E-state index is 12.5. The maximum Gasteiger partial charge on any atom is 0.249 e. The molecular formula is C17H25N3O3. The van der Waals surface area contributed by atoms with E-state index >= 15 is 0 Å². The minimum Gasteiger partial charge on any atom is -0.375 e. The number of hydrogen-bond acceptors (Lipinski definition) is 4. The van der Waals surface area contributed by atoms with Crippen molar-refractivity contribution in [2.75, 3.05) is 27.3 Å². The summed E-state index contributed by atoms with van der Waals surface area (Å²) in [6.07, 6.45) is 5.55. The number of methoxy groups -OCH3 is 1. The summed E-state index contributed by atoms with van der Waals surface area (Å²) in [4.78, 5) is 30.9. The Morgan fingerprint density at radius 1 is 1.43 bits per heavy atom. The van der Waals surface area contributed by atoms with Crippen molar-refractivity contribution in [1.82, 2.24) is 15.2 Å². The summed E-state index contributed by atoms with van der Waals surface area (Å²) in [5, 5.41) is 2.73. The van der Waals surface area contributed by atoms with Gasteiger partial charge in [0.05, 0.1) is 0 Å². The number of carbonyl (C=O) groups is 2. The van der Waals surface area contributed by atoms with Crippen LogP contribution in [0.2, 0.25) is 0 Å². The minimum atomic E-state index is -0.751. The van der Waals surface area contributed by atoms with E-state index in [2.05, 4.69) is 10.3 Å². The highest BCUT2D eigenvalue weighted by Crippen LogP contribution is 2.34. The third-order valence-electron chi connectivity index (χ3n) is 4.46. The molecule has 1 saturated heterocycles. The van der Waals surface area contributed by atoms with Crippen LogP contribution in [-0.2, 0) is 20.7 Å². The molecule has 6 heteroatoms. The second-order valence-electron chi connectivity index (χ2n) is 5.87. The van der Waals surface area contributed by atoms with Crippen LogP contribution in [0.15, 0.2) is 24.4 Å². The molecule has 0 bridgehead atoms. The molecule has 0 aromatic carbocycles. The number of amides is 2. The van der Waals surface area contributed by atoms with E-state index in [-0.39, 0.29) is 18.4 Å². The number of hydrogen-bond donors (Lipinski definition) is 1. The van der Waals surface area contributed by atoms with Crippen LogP contribution in [0.4, 0.5) is 0 Å². The topological polar surface area (TPSA) is 71.5 Å². The Labute approximate surface area is 137 Å². The highest BCUT2D eigenvalue weighted by atomic mass is 16.5. The van der Waals surface area contributed by atoms with Gasteiger partial charge in [0.2, 0.25) is 11.8 Å². The fraction of sp³-hybridized carbons (Fsp3) is 0.588. The fourth-order valence-corrected chi connectivity index (χ4v) is 3.39. The first-order chi connectivity index (χ1) is 11.1. The van der Waals surface area contributed by atoms with Crippen LogP contribution in [0.3, 0.4) is 0 Å². The molecule has 1 N–H and O–H groups in total. The Kier molecular flexibility index (Phi) is 6.10. The van der Waals surface area contributed by atoms with Crippen LogP contribution in [0.1, 0.15) is 31.4 Å². The van der Waals surface area contributed by atoms with Crippen LogP contribution in [-0.4, -0.2) is 54.5 Å². The molecule has 1 atom stereocenters. The van der Waals surface area contributed by atoms with Crippen LogP contribution in [0.5, 0.6) is 0 Å². The van der Waals surface area contributed by atoms with E-state index < -0.39 is 5.54 Å². The average Bonchev–Trinajstić information content (AvgIpc) is 3.00. The average molecular weight is 319 g/mol. The van der Waals surface area contributed by atoms with Crippen LogP contribution in [0, 0.1) is 0 Å². The van der Waals surface area contributed by atoms with Gasteiger partial charge in [-0.2, -0.15) is 0 Å². The molecule has 1 aliphatic heterocycles. The maximum atomic E-state index is 12.5. The van der Waals surface area contributed by atoms with E-state index in [4.69, 9.17) is 4.74 Å². The summed E-state index contributed by atoms with van der Waals surface area (Å²) < 4.78 is 4.96. The summed E-state index contributed by atoms with van der Waals surface area (Å²) in [7, 11) is 3.12. The van der Waals surface area contributed by atoms with Gasteiger partial charge in [-0.05, 0) is 44.2 Å². The zero-order valence-corrected chi connectivity index (χ0v) is 13.9. The van der Waals surface area contributed by atoms with Gasteiger partial charge in [-0.25, -0.2) is 0 Å². The largest absolute Gasteiger partial charge is 0.375 e. The number of likely N-dealkylation sites (tertiary alicyclic amines) is 1. The number of rotatable bonds is 7. The van der Waals surface area contributed by atoms with Gasteiger partial charge in [-0.3, -0.25) is 14.6 Å². The van der Waals surface area contributed by atoms with Gasteiger partial charge in [-0.1, -0.05) is 6.07 Å². The first-order valence-corrected chi connectivity index (χ1v) is 8.05. The second-order valence-corrected chi connectivity index (χ2v) is 5.87. The molecule has 0 unspecified atom stereocenters. The Balaban J connectivity index is 2.09. The SMILES string of the molecule is CNC(=O)[C@]1(CCCc2ccccn2)CCCN1C(=O)COC. The van der Waals surface area contributed by atoms with Crippen molar-refractivity contribution in [1.29, 1.82) is 0 Å². The van der Waals surface area contributed by atoms with Crippen LogP contribution < -0.4 is 5.32 Å². The molecule has 1 fully saturated rings. The summed E-state index contributed by atoms with van der Waals surface area (Å²) >= 11 is 0. The van der Waals surface area contributed by atoms with E-state index in [1.165, 1.54) is 7.11 Å². The molecule has 23 heavy (non-hydrogen) atoms. The molecule has 0 saturated carbocycles. The van der Waals surface area contributed by atoms with Crippen molar-refractivity contribution in [3.05, 3.63) is 30.1 Å². The first-order valence-electron chi connectivity index (χ1n) is 8.05. The molecule has 2 heterocycles. The lowest BCUT2D eigenvalue weighted by molar-refractivity contribution is -0.147. The summed E-state index contributed by atoms with van der Waals surface area (Å²) in [6, 6.07) is 5.83. The number of carbonyl (C=O) groups excluding carboxylic acids is 2. The van der Waals surface area contributed by atoms with Gasteiger partial charge in [0.1, 0.15) is 12.1 Å². The lowest BCUT2D eigenvalue weighted by Crippen LogP contribution is -2.57. The predicted octanol–water partition coefficient (Wildman–Crippen LogP) is 1.16. The summed E-state index contributed by atoms with van der Waals surface area (Å²) in [5.41, 5.74) is 0.256. The Bertz CT molecular complexity index is 535. The van der Waals surface area contributed by atoms with Crippen molar-refractivity contribution in [2.45, 2.75) is 37.6 Å². The van der Waals surface area contributed by atoms with E-state index in [9.17, 15) is 9.59 Å². The van der Waals surface area contributed by atoms with E-state index in [0.717, 1.165) is 25.0 Å². The zero-order valence-electron chi connectivity index (χ0n) is 13.9. The summed E-state index contributed by atoms with van der Waals surface area (Å²) in [5.74, 6) is -0.202. The van der Waals surface area contributed by atoms with Gasteiger partial charge in [0.25, 0.3) is 0 Å². The lowest BCUT2D eigenvalue weighted by Gasteiger charge is -2.37. The molecule has 6 nitrogen and oxygen atoms in total. The zero-order chi connectivity index (χ0) is 16.7. The summed E-state index contributed by atoms with van der Waals surface area (Å²) in [6.45, 7) is 0.623. The minimum absolute atomic E-state index is 0.0129. The molecule has 1 aliphatic rings. The quantitative estimate of drug-likeness (QED) is 0.818. The third-order valence-corrected chi connectivity index (χ3v) is 4.46. The van der Waals surface area contributed by atoms with Gasteiger partial charge in [0, 0.05) is 32.6 Å². The fourth-order valence-electron chi connectivity index (χ4n) is 3.39. The number of aromatic nitrogens is 1. The van der Waals surface area contributed by atoms with E-state index in [0.29, 0.717) is 19.4 Å². The Hall–Kier alpha value is -1.95. The third kappa shape index (κ3) is 3.88. The van der Waals surface area contributed by atoms with Gasteiger partial charge in [0.15, 0.2) is 0 Å². The van der Waals surface area contributed by atoms with Crippen molar-refractivity contribution >= 4 is 11.8 Å². The predicted molar refractivity (Wildman–Crippen MR) is 86.8 cm³/mol. The van der Waals surface area contributed by atoms with Crippen LogP contribution >= 0.6 is 0 Å². The highest BCUT2D eigenvalue weighted by Gasteiger charge is 2.48. The second kappa shape index (κ2) is 8.06. The number of ether oxygens (including phenoxy) is 1. The number of nitrogens with one attached hydrogen (secondary N) is 1. The van der Waals surface area contributed by atoms with Crippen molar-refractivity contribution in [3.63, 3.8) is 0 Å². The monoisotopic (exact) mass is 319 g/mol. The number of nitrogens with zero attached hydrogens (tertiary/aromatic N) is 2. The normalized spacial score (nSPS) is 20.5. The number of pyridine rings is 1. The van der Waals surface area contributed by atoms with E-state index in [1.807, 2.05) is 18.2 Å². The van der Waals surface area contributed by atoms with E-state index in [1.54, 1.807) is 18.1 Å². The molecule has 0 radical (unpaired) electrons. The Morgan fingerprint density at radius 2 is 2.26 bits per heavy atom. The molecular weight excluding hydrogens is 294 g/mol. The molecule has 126 valence electrons. The van der Waals surface area contributed by atoms with Crippen molar-refractivity contribution in [2.24, 2.45) is 0 Å². The lowest BCUT2D eigenvalue weighted by atomic mass is 9.88. The van der Waals surface area contributed by atoms with Gasteiger partial charge < -0.3 is 15.0 Å². The van der Waals surface area contributed by atoms with Crippen LogP contribution in [0.25, 0.3) is 0 Å². The standard InChI is InChI=1S/C17H25N3O3/c1-18-16(22)17(9-5-8-14-7-3-4-11-19-14)10-6-12-20(17)15(21)13-23-2/h3-4,7,11H,5-6,8-10,12-13H2,1-2H3,(H,18,22)/t17-/m0/s1. The molecule has 2 rings (SSSR count). The molecule has 1 aromatic heterocycles. The highest BCUT2D eigenvalue weighted by molar-refractivity contribution is 5.92. The molecule has 0 spiro atoms. The number of likely N-dealkylation sites (N-methyl/N-ethyl adjacent to an activating group) is 1. The molecule has 0 aliphatic carbocycles. The first kappa shape index (κ1) is 17.4.